The Balaban J connectivity index is 1.50. The van der Waals surface area contributed by atoms with Crippen LogP contribution in [0.3, 0.4) is 0 Å². The lowest BCUT2D eigenvalue weighted by Gasteiger charge is -2.30. The monoisotopic (exact) mass is 778 g/mol. The molecule has 0 bridgehead atoms. The van der Waals surface area contributed by atoms with Crippen LogP contribution in [0.5, 0.6) is 5.75 Å². The van der Waals surface area contributed by atoms with Gasteiger partial charge in [-0.15, -0.1) is 0 Å². The van der Waals surface area contributed by atoms with E-state index in [2.05, 4.69) is 21.3 Å². The van der Waals surface area contributed by atoms with E-state index in [4.69, 9.17) is 14.2 Å². The van der Waals surface area contributed by atoms with Crippen molar-refractivity contribution in [3.63, 3.8) is 0 Å². The van der Waals surface area contributed by atoms with Gasteiger partial charge in [-0.2, -0.15) is 0 Å². The highest BCUT2D eigenvalue weighted by Crippen LogP contribution is 2.20. The molecule has 0 radical (unpaired) electrons. The molecule has 2 aliphatic rings. The van der Waals surface area contributed by atoms with Crippen LogP contribution in [-0.2, 0) is 39.9 Å². The first-order valence-electron chi connectivity index (χ1n) is 19.5. The summed E-state index contributed by atoms with van der Waals surface area (Å²) in [6.45, 7) is 6.29. The largest absolute Gasteiger partial charge is 0.493 e. The lowest BCUT2D eigenvalue weighted by molar-refractivity contribution is -0.143. The Bertz CT molecular complexity index is 1640. The molecular weight excluding hydrogens is 720 g/mol. The molecule has 6 amide bonds. The highest BCUT2D eigenvalue weighted by Gasteiger charge is 2.39. The van der Waals surface area contributed by atoms with Gasteiger partial charge in [-0.05, 0) is 68.7 Å². The molecule has 4 rings (SSSR count). The van der Waals surface area contributed by atoms with Gasteiger partial charge in [-0.1, -0.05) is 50.2 Å². The minimum absolute atomic E-state index is 0.0212. The molecule has 56 heavy (non-hydrogen) atoms. The summed E-state index contributed by atoms with van der Waals surface area (Å²) in [5.74, 6) is -2.55. The first kappa shape index (κ1) is 43.7. The molecule has 2 saturated heterocycles. The van der Waals surface area contributed by atoms with E-state index in [1.165, 1.54) is 16.7 Å². The second-order valence-corrected chi connectivity index (χ2v) is 14.9. The predicted molar refractivity (Wildman–Crippen MR) is 209 cm³/mol. The molecule has 2 aromatic rings. The summed E-state index contributed by atoms with van der Waals surface area (Å²) in [6, 6.07) is 11.5. The van der Waals surface area contributed by atoms with Crippen molar-refractivity contribution in [1.82, 2.24) is 31.1 Å². The normalized spacial score (nSPS) is 23.5. The third-order valence-corrected chi connectivity index (χ3v) is 9.58. The molecule has 0 aliphatic carbocycles. The zero-order valence-electron chi connectivity index (χ0n) is 33.2. The molecule has 0 saturated carbocycles. The predicted octanol–water partition coefficient (Wildman–Crippen LogP) is 1.83. The van der Waals surface area contributed by atoms with E-state index in [-0.39, 0.29) is 50.2 Å². The number of fused-ring (bicyclic) bond motifs is 1. The van der Waals surface area contributed by atoms with E-state index in [1.807, 2.05) is 44.2 Å². The van der Waals surface area contributed by atoms with Gasteiger partial charge in [-0.3, -0.25) is 28.8 Å². The Kier molecular flexibility index (Phi) is 17.1. The fourth-order valence-electron chi connectivity index (χ4n) is 6.55. The van der Waals surface area contributed by atoms with Crippen LogP contribution in [0.15, 0.2) is 54.6 Å². The van der Waals surface area contributed by atoms with Crippen molar-refractivity contribution in [1.29, 1.82) is 0 Å². The number of likely N-dealkylation sites (N-methyl/N-ethyl adjacent to an activating group) is 1. The highest BCUT2D eigenvalue weighted by molar-refractivity contribution is 5.99. The van der Waals surface area contributed by atoms with Gasteiger partial charge in [0.25, 0.3) is 5.91 Å². The molecule has 4 N–H and O–H groups in total. The quantitative estimate of drug-likeness (QED) is 0.295. The number of hydrogen-bond donors (Lipinski definition) is 4. The molecule has 2 aliphatic heterocycles. The summed E-state index contributed by atoms with van der Waals surface area (Å²) in [5, 5.41) is 11.1. The smallest absolute Gasteiger partial charge is 0.252 e. The Morgan fingerprint density at radius 2 is 1.61 bits per heavy atom. The van der Waals surface area contributed by atoms with Crippen molar-refractivity contribution in [3.05, 3.63) is 65.7 Å². The van der Waals surface area contributed by atoms with E-state index in [9.17, 15) is 28.8 Å². The maximum atomic E-state index is 13.9. The summed E-state index contributed by atoms with van der Waals surface area (Å²) in [7, 11) is 3.17. The van der Waals surface area contributed by atoms with Crippen molar-refractivity contribution in [2.45, 2.75) is 89.5 Å². The highest BCUT2D eigenvalue weighted by atomic mass is 16.5. The standard InChI is InChI=1S/C41H58N6O9/c1-27(2)23-32-37(49)42-28(3)40(52)47-19-12-17-35(47)39(51)45-34(41(53)46(4)5)26-55-21-10-9-20-54-25-33(38(50)43-32)44-36(48)30-15-11-16-31(24-30)56-22-18-29-13-7-6-8-14-29/h6-8,11,13-16,24,27-28,32-35H,9-10,12,17-23,25-26H2,1-5H3,(H,42,49)(H,43,50)(H,44,48)(H,45,51)/t28-,32-,33-,34-,35-/m0/s1. The number of carbonyl (C=O) groups is 6. The Morgan fingerprint density at radius 3 is 2.30 bits per heavy atom. The zero-order valence-corrected chi connectivity index (χ0v) is 33.2. The van der Waals surface area contributed by atoms with Gasteiger partial charge < -0.3 is 45.3 Å². The summed E-state index contributed by atoms with van der Waals surface area (Å²) in [4.78, 5) is 84.0. The second kappa shape index (κ2) is 21.9. The number of rotatable bonds is 9. The molecule has 0 unspecified atom stereocenters. The minimum atomic E-state index is -1.17. The Hall–Kier alpha value is -5.02. The van der Waals surface area contributed by atoms with Crippen LogP contribution in [0, 0.1) is 5.92 Å². The van der Waals surface area contributed by atoms with Crippen LogP contribution in [-0.4, -0.2) is 129 Å². The molecule has 2 heterocycles. The number of amides is 6. The zero-order chi connectivity index (χ0) is 40.6. The fourth-order valence-corrected chi connectivity index (χ4v) is 6.55. The van der Waals surface area contributed by atoms with Crippen LogP contribution in [0.4, 0.5) is 0 Å². The third-order valence-electron chi connectivity index (χ3n) is 9.58. The van der Waals surface area contributed by atoms with Crippen LogP contribution in [0.2, 0.25) is 0 Å². The van der Waals surface area contributed by atoms with E-state index >= 15 is 0 Å². The lowest BCUT2D eigenvalue weighted by atomic mass is 10.0. The first-order valence-corrected chi connectivity index (χ1v) is 19.5. The second-order valence-electron chi connectivity index (χ2n) is 14.9. The average molecular weight is 779 g/mol. The minimum Gasteiger partial charge on any atom is -0.493 e. The topological polar surface area (TPSA) is 185 Å². The first-order chi connectivity index (χ1) is 26.8. The average Bonchev–Trinajstić information content (AvgIpc) is 3.67. The molecule has 15 heteroatoms. The van der Waals surface area contributed by atoms with Gasteiger partial charge in [0.2, 0.25) is 29.5 Å². The van der Waals surface area contributed by atoms with Crippen LogP contribution in [0.25, 0.3) is 0 Å². The van der Waals surface area contributed by atoms with E-state index in [0.29, 0.717) is 51.0 Å². The van der Waals surface area contributed by atoms with E-state index < -0.39 is 59.7 Å². The van der Waals surface area contributed by atoms with Gasteiger partial charge in [0.15, 0.2) is 0 Å². The fraction of sp³-hybridized carbons (Fsp3) is 0.561. The molecular formula is C41H58N6O9. The van der Waals surface area contributed by atoms with E-state index in [1.54, 1.807) is 38.4 Å². The number of hydrogen-bond acceptors (Lipinski definition) is 9. The number of ether oxygens (including phenoxy) is 3. The molecule has 0 spiro atoms. The molecule has 2 aromatic carbocycles. The van der Waals surface area contributed by atoms with Crippen molar-refractivity contribution in [2.75, 3.05) is 53.7 Å². The SMILES string of the molecule is CC(C)C[C@@H]1NC(=O)[C@@H](NC(=O)c2cccc(OCCc3ccccc3)c2)COCCCCOC[C@@H](C(=O)N(C)C)NC(=O)[C@@H]2CCCN2C(=O)[C@H](C)NC1=O. The number of benzene rings is 2. The van der Waals surface area contributed by atoms with Crippen molar-refractivity contribution >= 4 is 35.4 Å². The van der Waals surface area contributed by atoms with Crippen LogP contribution < -0.4 is 26.0 Å². The van der Waals surface area contributed by atoms with Gasteiger partial charge in [-0.25, -0.2) is 0 Å². The van der Waals surface area contributed by atoms with Gasteiger partial charge >= 0.3 is 0 Å². The molecule has 0 aromatic heterocycles. The number of carbonyl (C=O) groups excluding carboxylic acids is 6. The molecule has 15 nitrogen and oxygen atoms in total. The van der Waals surface area contributed by atoms with Crippen molar-refractivity contribution < 1.29 is 43.0 Å². The lowest BCUT2D eigenvalue weighted by Crippen LogP contribution is -2.59. The Labute approximate surface area is 329 Å². The third kappa shape index (κ3) is 13.3. The maximum absolute atomic E-state index is 13.9. The van der Waals surface area contributed by atoms with Crippen LogP contribution in [0.1, 0.15) is 68.8 Å². The molecule has 306 valence electrons. The number of nitrogens with zero attached hydrogens (tertiary/aromatic N) is 2. The molecule has 5 atom stereocenters. The van der Waals surface area contributed by atoms with Gasteiger partial charge in [0.05, 0.1) is 19.8 Å². The van der Waals surface area contributed by atoms with Crippen molar-refractivity contribution in [3.8, 4) is 5.75 Å². The summed E-state index contributed by atoms with van der Waals surface area (Å²) in [6.07, 6.45) is 2.99. The number of nitrogens with one attached hydrogen (secondary N) is 4. The maximum Gasteiger partial charge on any atom is 0.252 e. The molecule has 2 fully saturated rings. The Morgan fingerprint density at radius 1 is 0.893 bits per heavy atom. The summed E-state index contributed by atoms with van der Waals surface area (Å²) >= 11 is 0. The van der Waals surface area contributed by atoms with Crippen molar-refractivity contribution in [2.24, 2.45) is 5.92 Å². The summed E-state index contributed by atoms with van der Waals surface area (Å²) < 4.78 is 17.6. The van der Waals surface area contributed by atoms with Crippen LogP contribution >= 0.6 is 0 Å². The van der Waals surface area contributed by atoms with Gasteiger partial charge in [0, 0.05) is 45.8 Å². The van der Waals surface area contributed by atoms with E-state index in [0.717, 1.165) is 5.56 Å². The summed E-state index contributed by atoms with van der Waals surface area (Å²) in [5.41, 5.74) is 1.40. The van der Waals surface area contributed by atoms with Gasteiger partial charge in [0.1, 0.15) is 36.0 Å².